The van der Waals surface area contributed by atoms with Crippen LogP contribution in [-0.2, 0) is 19.1 Å². The first-order valence-electron chi connectivity index (χ1n) is 13.2. The van der Waals surface area contributed by atoms with Gasteiger partial charge in [0.15, 0.2) is 6.29 Å². The standard InChI is InChI=1S/C16H23NO4.C15H23NO3/c1-16(2,3)15(19)21-9-8-17(4)13-7-6-12(11-18)14(10-13)20-5;1-15(2,3)14(17)19-10-9-16(4)12-7-6-8-13(11-12)18-5/h6-7,10-11H,8-9H2,1-5H3;6-8,11H,9-10H2,1-5H3. The van der Waals surface area contributed by atoms with Crippen LogP contribution in [-0.4, -0.2) is 72.8 Å². The Labute approximate surface area is 239 Å². The first-order valence-corrected chi connectivity index (χ1v) is 13.2. The molecule has 0 unspecified atom stereocenters. The van der Waals surface area contributed by atoms with E-state index < -0.39 is 10.8 Å². The smallest absolute Gasteiger partial charge is 0.311 e. The zero-order valence-corrected chi connectivity index (χ0v) is 25.7. The van der Waals surface area contributed by atoms with E-state index in [1.54, 1.807) is 19.2 Å². The fourth-order valence-corrected chi connectivity index (χ4v) is 3.12. The molecule has 2 aromatic carbocycles. The van der Waals surface area contributed by atoms with Crippen LogP contribution in [0.4, 0.5) is 11.4 Å². The van der Waals surface area contributed by atoms with Gasteiger partial charge in [-0.15, -0.1) is 0 Å². The normalized spacial score (nSPS) is 10.9. The second-order valence-electron chi connectivity index (χ2n) is 11.4. The highest BCUT2D eigenvalue weighted by Gasteiger charge is 2.23. The van der Waals surface area contributed by atoms with E-state index >= 15 is 0 Å². The Kier molecular flexibility index (Phi) is 13.5. The van der Waals surface area contributed by atoms with Crippen LogP contribution in [0.5, 0.6) is 11.5 Å². The Morgan fingerprint density at radius 1 is 0.750 bits per heavy atom. The molecule has 0 saturated carbocycles. The monoisotopic (exact) mass is 558 g/mol. The summed E-state index contributed by atoms with van der Waals surface area (Å²) in [6, 6.07) is 13.1. The quantitative estimate of drug-likeness (QED) is 0.271. The summed E-state index contributed by atoms with van der Waals surface area (Å²) in [5.74, 6) is 0.952. The number of nitrogens with zero attached hydrogens (tertiary/aromatic N) is 2. The van der Waals surface area contributed by atoms with Gasteiger partial charge < -0.3 is 28.7 Å². The number of ether oxygens (including phenoxy) is 4. The number of anilines is 2. The maximum Gasteiger partial charge on any atom is 0.311 e. The molecule has 0 radical (unpaired) electrons. The molecule has 0 aromatic heterocycles. The van der Waals surface area contributed by atoms with E-state index in [4.69, 9.17) is 18.9 Å². The molecule has 0 aliphatic heterocycles. The van der Waals surface area contributed by atoms with Crippen molar-refractivity contribution >= 4 is 29.6 Å². The second-order valence-corrected chi connectivity index (χ2v) is 11.4. The first kappa shape index (κ1) is 34.3. The van der Waals surface area contributed by atoms with Crippen LogP contribution in [0.15, 0.2) is 42.5 Å². The van der Waals surface area contributed by atoms with Crippen LogP contribution < -0.4 is 19.3 Å². The largest absolute Gasteiger partial charge is 0.497 e. The third-order valence-electron chi connectivity index (χ3n) is 5.82. The van der Waals surface area contributed by atoms with E-state index in [1.165, 1.54) is 7.11 Å². The van der Waals surface area contributed by atoms with Gasteiger partial charge in [0.1, 0.15) is 24.7 Å². The van der Waals surface area contributed by atoms with Crippen molar-refractivity contribution in [1.29, 1.82) is 0 Å². The molecule has 0 heterocycles. The lowest BCUT2D eigenvalue weighted by Gasteiger charge is -2.22. The highest BCUT2D eigenvalue weighted by atomic mass is 16.5. The number of rotatable bonds is 11. The molecule has 0 fully saturated rings. The van der Waals surface area contributed by atoms with Crippen molar-refractivity contribution in [1.82, 2.24) is 0 Å². The van der Waals surface area contributed by atoms with Gasteiger partial charge in [-0.3, -0.25) is 14.4 Å². The van der Waals surface area contributed by atoms with Gasteiger partial charge in [0.05, 0.1) is 43.7 Å². The molecule has 0 N–H and O–H groups in total. The molecule has 0 saturated heterocycles. The molecule has 0 aliphatic rings. The average molecular weight is 559 g/mol. The molecule has 2 aromatic rings. The van der Waals surface area contributed by atoms with Crippen LogP contribution in [0.2, 0.25) is 0 Å². The zero-order chi connectivity index (χ0) is 30.5. The summed E-state index contributed by atoms with van der Waals surface area (Å²) < 4.78 is 20.8. The van der Waals surface area contributed by atoms with Gasteiger partial charge in [-0.2, -0.15) is 0 Å². The number of carbonyl (C=O) groups excluding carboxylic acids is 3. The molecule has 40 heavy (non-hydrogen) atoms. The summed E-state index contributed by atoms with van der Waals surface area (Å²) in [6.45, 7) is 12.9. The molecular weight excluding hydrogens is 512 g/mol. The second kappa shape index (κ2) is 15.7. The summed E-state index contributed by atoms with van der Waals surface area (Å²) in [5, 5.41) is 0. The van der Waals surface area contributed by atoms with E-state index in [9.17, 15) is 14.4 Å². The lowest BCUT2D eigenvalue weighted by atomic mass is 9.97. The minimum Gasteiger partial charge on any atom is -0.497 e. The maximum atomic E-state index is 11.7. The van der Waals surface area contributed by atoms with Crippen LogP contribution in [0.1, 0.15) is 51.9 Å². The molecule has 0 atom stereocenters. The number of methoxy groups -OCH3 is 2. The summed E-state index contributed by atoms with van der Waals surface area (Å²) in [7, 11) is 7.02. The molecule has 2 rings (SSSR count). The van der Waals surface area contributed by atoms with E-state index in [0.717, 1.165) is 23.4 Å². The Balaban J connectivity index is 0.000000402. The third-order valence-corrected chi connectivity index (χ3v) is 5.82. The number of esters is 2. The minimum absolute atomic E-state index is 0.174. The Hall–Kier alpha value is -3.75. The van der Waals surface area contributed by atoms with Gasteiger partial charge in [-0.25, -0.2) is 0 Å². The molecule has 0 bridgehead atoms. The highest BCUT2D eigenvalue weighted by Crippen LogP contribution is 2.24. The Morgan fingerprint density at radius 3 is 1.68 bits per heavy atom. The number of hydrogen-bond donors (Lipinski definition) is 0. The Morgan fingerprint density at radius 2 is 1.25 bits per heavy atom. The third kappa shape index (κ3) is 11.6. The number of likely N-dealkylation sites (N-methyl/N-ethyl adjacent to an activating group) is 2. The number of hydrogen-bond acceptors (Lipinski definition) is 9. The van der Waals surface area contributed by atoms with Crippen LogP contribution >= 0.6 is 0 Å². The van der Waals surface area contributed by atoms with Gasteiger partial charge in [0.2, 0.25) is 0 Å². The lowest BCUT2D eigenvalue weighted by molar-refractivity contribution is -0.153. The lowest BCUT2D eigenvalue weighted by Crippen LogP contribution is -2.28. The molecule has 0 aliphatic carbocycles. The van der Waals surface area contributed by atoms with Crippen molar-refractivity contribution in [2.75, 3.05) is 64.4 Å². The molecular formula is C31H46N2O7. The molecule has 9 nitrogen and oxygen atoms in total. The van der Waals surface area contributed by atoms with Crippen molar-refractivity contribution in [3.05, 3.63) is 48.0 Å². The summed E-state index contributed by atoms with van der Waals surface area (Å²) in [5.41, 5.74) is 1.49. The van der Waals surface area contributed by atoms with E-state index in [0.29, 0.717) is 37.6 Å². The van der Waals surface area contributed by atoms with Crippen molar-refractivity contribution in [3.63, 3.8) is 0 Å². The number of benzene rings is 2. The van der Waals surface area contributed by atoms with Crippen molar-refractivity contribution < 1.29 is 33.3 Å². The zero-order valence-electron chi connectivity index (χ0n) is 25.7. The fourth-order valence-electron chi connectivity index (χ4n) is 3.12. The van der Waals surface area contributed by atoms with Crippen molar-refractivity contribution in [2.24, 2.45) is 10.8 Å². The highest BCUT2D eigenvalue weighted by molar-refractivity contribution is 5.81. The van der Waals surface area contributed by atoms with Gasteiger partial charge in [-0.05, 0) is 65.8 Å². The first-order chi connectivity index (χ1) is 18.6. The maximum absolute atomic E-state index is 11.7. The molecule has 222 valence electrons. The van der Waals surface area contributed by atoms with Gasteiger partial charge >= 0.3 is 11.9 Å². The van der Waals surface area contributed by atoms with Crippen LogP contribution in [0.3, 0.4) is 0 Å². The van der Waals surface area contributed by atoms with Crippen molar-refractivity contribution in [2.45, 2.75) is 41.5 Å². The minimum atomic E-state index is -0.493. The van der Waals surface area contributed by atoms with E-state index in [-0.39, 0.29) is 11.9 Å². The number of aldehydes is 1. The molecule has 9 heteroatoms. The predicted molar refractivity (Wildman–Crippen MR) is 159 cm³/mol. The fraction of sp³-hybridized carbons (Fsp3) is 0.516. The molecule has 0 spiro atoms. The average Bonchev–Trinajstić information content (AvgIpc) is 2.91. The Bertz CT molecular complexity index is 1100. The van der Waals surface area contributed by atoms with Crippen LogP contribution in [0.25, 0.3) is 0 Å². The van der Waals surface area contributed by atoms with Gasteiger partial charge in [0, 0.05) is 37.6 Å². The van der Waals surface area contributed by atoms with E-state index in [2.05, 4.69) is 0 Å². The summed E-state index contributed by atoms with van der Waals surface area (Å²) in [4.78, 5) is 38.1. The predicted octanol–water partition coefficient (Wildman–Crippen LogP) is 5.25. The summed E-state index contributed by atoms with van der Waals surface area (Å²) >= 11 is 0. The van der Waals surface area contributed by atoms with Gasteiger partial charge in [-0.1, -0.05) is 6.07 Å². The van der Waals surface area contributed by atoms with E-state index in [1.807, 2.05) is 95.8 Å². The summed E-state index contributed by atoms with van der Waals surface area (Å²) in [6.07, 6.45) is 0.758. The van der Waals surface area contributed by atoms with Gasteiger partial charge in [0.25, 0.3) is 0 Å². The topological polar surface area (TPSA) is 94.6 Å². The molecule has 0 amide bonds. The number of carbonyl (C=O) groups is 3. The SMILES string of the molecule is COc1cc(N(C)CCOC(=O)C(C)(C)C)ccc1C=O.COc1cccc(N(C)CCOC(=O)C(C)(C)C)c1. The van der Waals surface area contributed by atoms with Crippen LogP contribution in [0, 0.1) is 10.8 Å². The van der Waals surface area contributed by atoms with Crippen molar-refractivity contribution in [3.8, 4) is 11.5 Å².